The van der Waals surface area contributed by atoms with Gasteiger partial charge in [-0.25, -0.2) is 0 Å². The van der Waals surface area contributed by atoms with Gasteiger partial charge in [0.2, 0.25) is 5.91 Å². The molecular weight excluding hydrogens is 242 g/mol. The van der Waals surface area contributed by atoms with Crippen molar-refractivity contribution in [3.8, 4) is 11.2 Å². The first-order valence-electron chi connectivity index (χ1n) is 5.21. The van der Waals surface area contributed by atoms with Crippen molar-refractivity contribution in [2.45, 2.75) is 26.2 Å². The molecule has 0 aromatic rings. The smallest absolute Gasteiger partial charge is 0.230 e. The van der Waals surface area contributed by atoms with E-state index in [-0.39, 0.29) is 18.1 Å². The number of nitrogens with zero attached hydrogens (tertiary/aromatic N) is 1. The lowest BCUT2D eigenvalue weighted by Crippen LogP contribution is -2.38. The van der Waals surface area contributed by atoms with Crippen LogP contribution in [0.4, 0.5) is 0 Å². The summed E-state index contributed by atoms with van der Waals surface area (Å²) in [5, 5.41) is 2.87. The molecule has 0 radical (unpaired) electrons. The molecule has 1 aliphatic heterocycles. The van der Waals surface area contributed by atoms with Crippen molar-refractivity contribution in [3.63, 3.8) is 0 Å². The van der Waals surface area contributed by atoms with Gasteiger partial charge >= 0.3 is 0 Å². The average Bonchev–Trinajstić information content (AvgIpc) is 2.26. The normalized spacial score (nSPS) is 16.5. The molecule has 0 bridgehead atoms. The lowest BCUT2D eigenvalue weighted by molar-refractivity contribution is -0.135. The number of hydrogen-bond donors (Lipinski definition) is 1. The maximum Gasteiger partial charge on any atom is 0.230 e. The molecule has 1 rings (SSSR count). The first-order chi connectivity index (χ1) is 7.63. The van der Waals surface area contributed by atoms with E-state index in [0.29, 0.717) is 19.0 Å². The molecular formula is C11H15NO2S2. The van der Waals surface area contributed by atoms with Gasteiger partial charge in [-0.15, -0.1) is 0 Å². The van der Waals surface area contributed by atoms with Gasteiger partial charge < -0.3 is 4.90 Å². The van der Waals surface area contributed by atoms with Crippen molar-refractivity contribution in [3.05, 3.63) is 0 Å². The largest absolute Gasteiger partial charge is 0.342 e. The van der Waals surface area contributed by atoms with Crippen LogP contribution >= 0.6 is 22.5 Å². The first kappa shape index (κ1) is 13.5. The minimum atomic E-state index is -0.0709. The van der Waals surface area contributed by atoms with Gasteiger partial charge in [0.25, 0.3) is 0 Å². The molecule has 1 amide bonds. The monoisotopic (exact) mass is 257 g/mol. The maximum atomic E-state index is 11.6. The van der Waals surface area contributed by atoms with Crippen LogP contribution in [0.2, 0.25) is 0 Å². The summed E-state index contributed by atoms with van der Waals surface area (Å²) >= 11 is 3.95. The number of piperidine rings is 1. The Morgan fingerprint density at radius 2 is 2.06 bits per heavy atom. The zero-order valence-corrected chi connectivity index (χ0v) is 10.9. The van der Waals surface area contributed by atoms with Crippen LogP contribution in [-0.4, -0.2) is 29.7 Å². The van der Waals surface area contributed by atoms with E-state index >= 15 is 0 Å². The number of thiol groups is 1. The second-order valence-corrected chi connectivity index (χ2v) is 4.81. The van der Waals surface area contributed by atoms with Gasteiger partial charge in [-0.05, 0) is 35.8 Å². The molecule has 0 spiro atoms. The summed E-state index contributed by atoms with van der Waals surface area (Å²) in [4.78, 5) is 24.2. The van der Waals surface area contributed by atoms with E-state index in [1.807, 2.05) is 0 Å². The number of hydrogen-bond acceptors (Lipinski definition) is 4. The topological polar surface area (TPSA) is 37.4 Å². The van der Waals surface area contributed by atoms with Gasteiger partial charge in [-0.3, -0.25) is 9.59 Å². The minimum absolute atomic E-state index is 0.0306. The van der Waals surface area contributed by atoms with Crippen LogP contribution in [0.15, 0.2) is 0 Å². The molecule has 1 fully saturated rings. The third-order valence-corrected chi connectivity index (χ3v) is 3.04. The summed E-state index contributed by atoms with van der Waals surface area (Å²) in [7, 11) is 1.22. The molecule has 0 saturated carbocycles. The Labute approximate surface area is 105 Å². The van der Waals surface area contributed by atoms with Crippen LogP contribution in [-0.2, 0) is 9.59 Å². The van der Waals surface area contributed by atoms with Gasteiger partial charge in [0.05, 0.1) is 6.42 Å². The highest BCUT2D eigenvalue weighted by Crippen LogP contribution is 2.17. The number of carbonyl (C=O) groups excluding carboxylic acids is 2. The van der Waals surface area contributed by atoms with Crippen molar-refractivity contribution in [1.82, 2.24) is 4.90 Å². The molecule has 0 unspecified atom stereocenters. The molecule has 1 saturated heterocycles. The second-order valence-electron chi connectivity index (χ2n) is 3.87. The van der Waals surface area contributed by atoms with E-state index in [9.17, 15) is 9.59 Å². The van der Waals surface area contributed by atoms with Gasteiger partial charge in [-0.1, -0.05) is 17.6 Å². The van der Waals surface area contributed by atoms with Gasteiger partial charge in [0.1, 0.15) is 5.78 Å². The number of likely N-dealkylation sites (tertiary alicyclic amines) is 1. The van der Waals surface area contributed by atoms with E-state index in [1.54, 1.807) is 4.90 Å². The Hall–Kier alpha value is -0.600. The zero-order chi connectivity index (χ0) is 12.0. The number of Topliss-reactive ketones (excluding diaryl/α,β-unsaturated/α-hetero) is 1. The number of rotatable bonds is 2. The summed E-state index contributed by atoms with van der Waals surface area (Å²) in [5.74, 6) is 3.34. The van der Waals surface area contributed by atoms with Gasteiger partial charge in [0, 0.05) is 19.0 Å². The lowest BCUT2D eigenvalue weighted by Gasteiger charge is -2.29. The van der Waals surface area contributed by atoms with Crippen LogP contribution < -0.4 is 0 Å². The third-order valence-electron chi connectivity index (χ3n) is 2.56. The minimum Gasteiger partial charge on any atom is -0.342 e. The molecule has 0 aromatic carbocycles. The highest BCUT2D eigenvalue weighted by molar-refractivity contribution is 8.70. The highest BCUT2D eigenvalue weighted by Gasteiger charge is 2.22. The summed E-state index contributed by atoms with van der Waals surface area (Å²) in [6.07, 6.45) is 1.82. The SMILES string of the molecule is CC(=O)CC(=O)N1CCC(C#CSS)CC1. The van der Waals surface area contributed by atoms with Crippen molar-refractivity contribution < 1.29 is 9.59 Å². The van der Waals surface area contributed by atoms with Crippen LogP contribution in [0.25, 0.3) is 0 Å². The van der Waals surface area contributed by atoms with Gasteiger partial charge in [-0.2, -0.15) is 0 Å². The predicted molar refractivity (Wildman–Crippen MR) is 69.0 cm³/mol. The Morgan fingerprint density at radius 1 is 1.44 bits per heavy atom. The summed E-state index contributed by atoms with van der Waals surface area (Å²) in [6, 6.07) is 0. The highest BCUT2D eigenvalue weighted by atomic mass is 33.1. The quantitative estimate of drug-likeness (QED) is 0.354. The van der Waals surface area contributed by atoms with Crippen LogP contribution in [0.1, 0.15) is 26.2 Å². The molecule has 1 aliphatic rings. The fraction of sp³-hybridized carbons (Fsp3) is 0.636. The Bertz CT molecular complexity index is 325. The molecule has 0 aromatic heterocycles. The summed E-state index contributed by atoms with van der Waals surface area (Å²) < 4.78 is 0. The second kappa shape index (κ2) is 6.87. The molecule has 0 aliphatic carbocycles. The number of amides is 1. The van der Waals surface area contributed by atoms with E-state index in [4.69, 9.17) is 0 Å². The molecule has 0 N–H and O–H groups in total. The Balaban J connectivity index is 2.37. The molecule has 0 atom stereocenters. The standard InChI is InChI=1S/C11H15NO2S2/c1-9(13)8-11(14)12-5-2-10(3-6-12)4-7-16-15/h10,15H,2-3,5-6,8H2,1H3. The maximum absolute atomic E-state index is 11.6. The van der Waals surface area contributed by atoms with Crippen molar-refractivity contribution in [2.75, 3.05) is 13.1 Å². The van der Waals surface area contributed by atoms with E-state index < -0.39 is 0 Å². The van der Waals surface area contributed by atoms with E-state index in [0.717, 1.165) is 12.8 Å². The fourth-order valence-corrected chi connectivity index (χ4v) is 2.09. The molecule has 16 heavy (non-hydrogen) atoms. The molecule has 1 heterocycles. The average molecular weight is 257 g/mol. The van der Waals surface area contributed by atoms with Crippen molar-refractivity contribution in [1.29, 1.82) is 0 Å². The van der Waals surface area contributed by atoms with Crippen molar-refractivity contribution in [2.24, 2.45) is 5.92 Å². The summed E-state index contributed by atoms with van der Waals surface area (Å²) in [6.45, 7) is 2.87. The Morgan fingerprint density at radius 3 is 2.56 bits per heavy atom. The van der Waals surface area contributed by atoms with Crippen LogP contribution in [0.3, 0.4) is 0 Å². The summed E-state index contributed by atoms with van der Waals surface area (Å²) in [5.41, 5.74) is 0. The lowest BCUT2D eigenvalue weighted by atomic mass is 9.97. The molecule has 88 valence electrons. The van der Waals surface area contributed by atoms with Crippen LogP contribution in [0.5, 0.6) is 0 Å². The van der Waals surface area contributed by atoms with Crippen LogP contribution in [0, 0.1) is 17.1 Å². The predicted octanol–water partition coefficient (Wildman–Crippen LogP) is 1.74. The number of carbonyl (C=O) groups is 2. The van der Waals surface area contributed by atoms with E-state index in [2.05, 4.69) is 22.8 Å². The van der Waals surface area contributed by atoms with Gasteiger partial charge in [0.15, 0.2) is 0 Å². The molecule has 5 heteroatoms. The first-order valence-corrected chi connectivity index (χ1v) is 7.08. The van der Waals surface area contributed by atoms with E-state index in [1.165, 1.54) is 17.7 Å². The zero-order valence-electron chi connectivity index (χ0n) is 9.23. The fourth-order valence-electron chi connectivity index (χ4n) is 1.71. The number of ketones is 1. The van der Waals surface area contributed by atoms with Crippen molar-refractivity contribution >= 4 is 34.1 Å². The Kier molecular flexibility index (Phi) is 5.78. The third kappa shape index (κ3) is 4.50. The molecule has 3 nitrogen and oxygen atoms in total.